The minimum atomic E-state index is -1.83. The Morgan fingerprint density at radius 1 is 0.800 bits per heavy atom. The van der Waals surface area contributed by atoms with Gasteiger partial charge in [-0.25, -0.2) is 9.59 Å². The van der Waals surface area contributed by atoms with Crippen LogP contribution in [0.25, 0.3) is 0 Å². The molecule has 8 heteroatoms. The van der Waals surface area contributed by atoms with E-state index in [0.29, 0.717) is 0 Å². The van der Waals surface area contributed by atoms with Gasteiger partial charge in [-0.15, -0.1) is 12.4 Å². The smallest absolute Gasteiger partial charge is 0.450 e. The van der Waals surface area contributed by atoms with Crippen LogP contribution in [0.3, 0.4) is 0 Å². The second kappa shape index (κ2) is 15.8. The largest absolute Gasteiger partial charge is 0.503 e. The predicted octanol–water partition coefficient (Wildman–Crippen LogP) is 0.864. The van der Waals surface area contributed by atoms with Crippen molar-refractivity contribution in [3.63, 3.8) is 0 Å². The summed E-state index contributed by atoms with van der Waals surface area (Å²) in [4.78, 5) is 17.1. The van der Waals surface area contributed by atoms with Gasteiger partial charge in [0.15, 0.2) is 0 Å². The quantitative estimate of drug-likeness (QED) is 0.446. The number of carbonyl (C=O) groups is 2. The molecule has 0 fully saturated rings. The van der Waals surface area contributed by atoms with Crippen LogP contribution < -0.4 is 0 Å². The van der Waals surface area contributed by atoms with Gasteiger partial charge in [0.25, 0.3) is 0 Å². The molecule has 0 unspecified atom stereocenters. The monoisotopic (exact) mass is 216 g/mol. The van der Waals surface area contributed by atoms with Gasteiger partial charge in [0, 0.05) is 17.1 Å². The average Bonchev–Trinajstić information content (AvgIpc) is 1.25. The van der Waals surface area contributed by atoms with Crippen LogP contribution in [0.15, 0.2) is 0 Å². The fourth-order valence-corrected chi connectivity index (χ4v) is 0. The van der Waals surface area contributed by atoms with E-state index in [9.17, 15) is 0 Å². The van der Waals surface area contributed by atoms with Crippen LogP contribution in [0, 0.1) is 0 Å². The number of halogens is 1. The van der Waals surface area contributed by atoms with Crippen LogP contribution in [0.5, 0.6) is 0 Å². The summed E-state index contributed by atoms with van der Waals surface area (Å²) >= 11 is 0. The predicted molar refractivity (Wildman–Crippen MR) is 28.6 cm³/mol. The Labute approximate surface area is 72.4 Å². The van der Waals surface area contributed by atoms with Crippen molar-refractivity contribution in [3.05, 3.63) is 0 Å². The maximum Gasteiger partial charge on any atom is 0.503 e. The zero-order chi connectivity index (χ0) is 7.15. The van der Waals surface area contributed by atoms with E-state index in [0.717, 1.165) is 0 Å². The first-order chi connectivity index (χ1) is 3.46. The molecule has 0 spiro atoms. The molecule has 0 aromatic carbocycles. The van der Waals surface area contributed by atoms with E-state index in [1.807, 2.05) is 0 Å². The Bertz CT molecular complexity index is 73.7. The Morgan fingerprint density at radius 3 is 0.800 bits per heavy atom. The van der Waals surface area contributed by atoms with Crippen molar-refractivity contribution in [1.29, 1.82) is 0 Å². The maximum atomic E-state index is 8.56. The summed E-state index contributed by atoms with van der Waals surface area (Å²) < 4.78 is 0. The van der Waals surface area contributed by atoms with E-state index in [-0.39, 0.29) is 29.5 Å². The van der Waals surface area contributed by atoms with E-state index in [4.69, 9.17) is 30.0 Å². The number of hydrogen-bond acceptors (Lipinski definition) is 2. The van der Waals surface area contributed by atoms with Crippen LogP contribution >= 0.6 is 12.4 Å². The molecule has 10 heavy (non-hydrogen) atoms. The van der Waals surface area contributed by atoms with Gasteiger partial charge in [0.05, 0.1) is 0 Å². The molecule has 6 nitrogen and oxygen atoms in total. The van der Waals surface area contributed by atoms with Crippen LogP contribution in [0.4, 0.5) is 9.59 Å². The van der Waals surface area contributed by atoms with Crippen molar-refractivity contribution in [3.8, 4) is 0 Å². The van der Waals surface area contributed by atoms with E-state index >= 15 is 0 Å². The topological polar surface area (TPSA) is 115 Å². The molecule has 0 aliphatic carbocycles. The number of carboxylic acid groups (broad SMARTS) is 4. The molecule has 0 atom stereocenters. The minimum absolute atomic E-state index is 0. The maximum absolute atomic E-state index is 8.56. The van der Waals surface area contributed by atoms with Crippen molar-refractivity contribution in [2.75, 3.05) is 0 Å². The molecule has 0 aromatic rings. The summed E-state index contributed by atoms with van der Waals surface area (Å²) in [6.07, 6.45) is -3.67. The molecule has 0 heterocycles. The summed E-state index contributed by atoms with van der Waals surface area (Å²) in [6, 6.07) is 0. The molecule has 0 saturated carbocycles. The first kappa shape index (κ1) is 22.8. The minimum Gasteiger partial charge on any atom is -0.450 e. The van der Waals surface area contributed by atoms with Gasteiger partial charge in [-0.3, -0.25) is 0 Å². The van der Waals surface area contributed by atoms with E-state index in [1.54, 1.807) is 0 Å². The second-order valence-electron chi connectivity index (χ2n) is 0.565. The molecule has 0 aliphatic heterocycles. The third-order valence-corrected chi connectivity index (χ3v) is 0. The van der Waals surface area contributed by atoms with E-state index < -0.39 is 12.3 Å². The Morgan fingerprint density at radius 2 is 0.800 bits per heavy atom. The fraction of sp³-hybridized carbons (Fsp3) is 0. The summed E-state index contributed by atoms with van der Waals surface area (Å²) in [7, 11) is 0. The van der Waals surface area contributed by atoms with Crippen LogP contribution in [-0.2, 0) is 17.1 Å². The van der Waals surface area contributed by atoms with Gasteiger partial charge < -0.3 is 20.4 Å². The van der Waals surface area contributed by atoms with Crippen molar-refractivity contribution in [2.24, 2.45) is 0 Å². The van der Waals surface area contributed by atoms with Crippen molar-refractivity contribution < 1.29 is 47.1 Å². The zero-order valence-corrected chi connectivity index (χ0v) is 6.29. The Hall–Kier alpha value is -0.651. The van der Waals surface area contributed by atoms with E-state index in [1.165, 1.54) is 0 Å². The molecule has 0 saturated heterocycles. The van der Waals surface area contributed by atoms with Crippen LogP contribution in [0.1, 0.15) is 0 Å². The van der Waals surface area contributed by atoms with Crippen LogP contribution in [0.2, 0.25) is 0 Å². The van der Waals surface area contributed by atoms with Crippen molar-refractivity contribution in [2.45, 2.75) is 0 Å². The first-order valence-corrected chi connectivity index (χ1v) is 1.30. The van der Waals surface area contributed by atoms with Gasteiger partial charge in [0.1, 0.15) is 0 Å². The number of hydrogen-bond donors (Lipinski definition) is 4. The van der Waals surface area contributed by atoms with Crippen molar-refractivity contribution in [1.82, 2.24) is 0 Å². The summed E-state index contributed by atoms with van der Waals surface area (Å²) in [5, 5.41) is 27.9. The molecule has 0 aliphatic rings. The molecule has 4 N–H and O–H groups in total. The molecular weight excluding hydrogens is 211 g/mol. The van der Waals surface area contributed by atoms with Crippen LogP contribution in [-0.4, -0.2) is 32.7 Å². The van der Waals surface area contributed by atoms with Gasteiger partial charge in [-0.05, 0) is 0 Å². The SMILES string of the molecule is Cl.O=C(O)O.O=C(O)O.[Fe]. The van der Waals surface area contributed by atoms with Crippen molar-refractivity contribution >= 4 is 24.7 Å². The molecule has 0 rings (SSSR count). The van der Waals surface area contributed by atoms with Gasteiger partial charge >= 0.3 is 12.3 Å². The van der Waals surface area contributed by atoms with Gasteiger partial charge in [-0.1, -0.05) is 0 Å². The van der Waals surface area contributed by atoms with Gasteiger partial charge in [0.2, 0.25) is 0 Å². The summed E-state index contributed by atoms with van der Waals surface area (Å²) in [5.41, 5.74) is 0. The molecule has 0 amide bonds. The summed E-state index contributed by atoms with van der Waals surface area (Å²) in [6.45, 7) is 0. The third kappa shape index (κ3) is 700. The Balaban J connectivity index is -0.0000000300. The average molecular weight is 216 g/mol. The third-order valence-electron chi connectivity index (χ3n) is 0. The summed E-state index contributed by atoms with van der Waals surface area (Å²) in [5.74, 6) is 0. The zero-order valence-electron chi connectivity index (χ0n) is 4.37. The van der Waals surface area contributed by atoms with Gasteiger partial charge in [-0.2, -0.15) is 0 Å². The molecule has 0 aromatic heterocycles. The molecule has 64 valence electrons. The Kier molecular flexibility index (Phi) is 35.9. The molecule has 0 radical (unpaired) electrons. The number of rotatable bonds is 0. The fourth-order valence-electron chi connectivity index (χ4n) is 0. The normalized spacial score (nSPS) is 4.80. The second-order valence-corrected chi connectivity index (χ2v) is 0.565. The molecular formula is C2H5ClFeO6. The van der Waals surface area contributed by atoms with E-state index in [2.05, 4.69) is 0 Å². The standard InChI is InChI=1S/2CH2O3.ClH.Fe/c2*2-1(3)4;;/h2*(H2,2,3,4);1H;. The first-order valence-electron chi connectivity index (χ1n) is 1.30. The molecule has 0 bridgehead atoms.